The number of rotatable bonds is 1. The van der Waals surface area contributed by atoms with E-state index < -0.39 is 29.1 Å². The van der Waals surface area contributed by atoms with Gasteiger partial charge in [-0.15, -0.1) is 0 Å². The zero-order chi connectivity index (χ0) is 21.2. The predicted molar refractivity (Wildman–Crippen MR) is 97.8 cm³/mol. The molecule has 1 aromatic heterocycles. The molecule has 1 aromatic rings. The molecule has 11 heteroatoms. The molecule has 2 N–H and O–H groups in total. The lowest BCUT2D eigenvalue weighted by atomic mass is 9.86. The van der Waals surface area contributed by atoms with Crippen LogP contribution in [-0.2, 0) is 16.2 Å². The summed E-state index contributed by atoms with van der Waals surface area (Å²) in [5.74, 6) is -2.00. The highest BCUT2D eigenvalue weighted by Gasteiger charge is 2.48. The van der Waals surface area contributed by atoms with E-state index in [-0.39, 0.29) is 4.75 Å². The van der Waals surface area contributed by atoms with Crippen molar-refractivity contribution < 1.29 is 32.4 Å². The van der Waals surface area contributed by atoms with Gasteiger partial charge in [-0.1, -0.05) is 4.40 Å². The minimum absolute atomic E-state index is 0.378. The fourth-order valence-electron chi connectivity index (χ4n) is 2.68. The van der Waals surface area contributed by atoms with E-state index >= 15 is 0 Å². The van der Waals surface area contributed by atoms with Gasteiger partial charge in [0.2, 0.25) is 0 Å². The fourth-order valence-corrected chi connectivity index (χ4v) is 3.39. The average molecular weight is 421 g/mol. The molecule has 3 heterocycles. The summed E-state index contributed by atoms with van der Waals surface area (Å²) in [6, 6.07) is 1.91. The first-order valence-corrected chi connectivity index (χ1v) is 9.63. The van der Waals surface area contributed by atoms with Gasteiger partial charge in [-0.2, -0.15) is 13.2 Å². The molecule has 1 saturated heterocycles. The number of nitrogens with zero attached hydrogens (tertiary/aromatic N) is 2. The molecule has 0 aromatic carbocycles. The van der Waals surface area contributed by atoms with Gasteiger partial charge in [-0.25, -0.2) is 4.79 Å². The maximum absolute atomic E-state index is 12.5. The third-order valence-corrected chi connectivity index (χ3v) is 5.52. The number of piperidine rings is 1. The van der Waals surface area contributed by atoms with Crippen LogP contribution in [0.4, 0.5) is 13.2 Å². The zero-order valence-corrected chi connectivity index (χ0v) is 16.5. The standard InChI is InChI=1S/C15H21N3O2S.C2HF3O2/c1-14(2,3)21(19)18-13-11-4-7-17-10-12(11)20-15(13)5-8-16-9-6-15;3-2(4,5)1(6)7/h4,7,10,16H,5-6,8-9H2,1-3H3;(H,6,7)/b18-13+;. The molecule has 156 valence electrons. The van der Waals surface area contributed by atoms with Gasteiger partial charge in [0, 0.05) is 24.6 Å². The summed E-state index contributed by atoms with van der Waals surface area (Å²) in [5, 5.41) is 10.5. The Hall–Kier alpha value is -1.85. The van der Waals surface area contributed by atoms with Crippen molar-refractivity contribution in [3.63, 3.8) is 0 Å². The number of halogens is 3. The van der Waals surface area contributed by atoms with Crippen molar-refractivity contribution in [2.75, 3.05) is 13.1 Å². The van der Waals surface area contributed by atoms with Crippen molar-refractivity contribution in [3.8, 4) is 5.75 Å². The summed E-state index contributed by atoms with van der Waals surface area (Å²) in [7, 11) is 0. The lowest BCUT2D eigenvalue weighted by Gasteiger charge is -2.33. The summed E-state index contributed by atoms with van der Waals surface area (Å²) >= 11 is -1.29. The van der Waals surface area contributed by atoms with Crippen molar-refractivity contribution in [1.29, 1.82) is 0 Å². The van der Waals surface area contributed by atoms with E-state index in [4.69, 9.17) is 14.6 Å². The molecule has 1 atom stereocenters. The van der Waals surface area contributed by atoms with Crippen LogP contribution in [0.1, 0.15) is 39.2 Å². The molecule has 0 aliphatic carbocycles. The maximum Gasteiger partial charge on any atom is 0.490 e. The Kier molecular flexibility index (Phi) is 6.62. The Morgan fingerprint density at radius 2 is 1.93 bits per heavy atom. The number of ether oxygens (including phenoxy) is 1. The normalized spacial score (nSPS) is 20.8. The van der Waals surface area contributed by atoms with Crippen LogP contribution in [0, 0.1) is 0 Å². The van der Waals surface area contributed by atoms with Gasteiger partial charge in [0.15, 0.2) is 5.60 Å². The van der Waals surface area contributed by atoms with Gasteiger partial charge in [-0.3, -0.25) is 4.98 Å². The fraction of sp³-hybridized carbons (Fsp3) is 0.588. The highest BCUT2D eigenvalue weighted by molar-refractivity contribution is 7.91. The van der Waals surface area contributed by atoms with Crippen molar-refractivity contribution in [2.45, 2.75) is 50.1 Å². The Balaban J connectivity index is 0.000000345. The Morgan fingerprint density at radius 1 is 1.36 bits per heavy atom. The second kappa shape index (κ2) is 8.26. The second-order valence-electron chi connectivity index (χ2n) is 7.32. The second-order valence-corrected chi connectivity index (χ2v) is 9.23. The Labute approximate surface area is 163 Å². The van der Waals surface area contributed by atoms with Crippen molar-refractivity contribution >= 4 is 23.0 Å². The summed E-state index contributed by atoms with van der Waals surface area (Å²) in [4.78, 5) is 13.0. The van der Waals surface area contributed by atoms with Crippen molar-refractivity contribution in [1.82, 2.24) is 10.3 Å². The van der Waals surface area contributed by atoms with Gasteiger partial charge in [0.05, 0.1) is 6.20 Å². The zero-order valence-electron chi connectivity index (χ0n) is 15.7. The molecule has 0 saturated carbocycles. The van der Waals surface area contributed by atoms with Gasteiger partial charge in [-0.05, 0) is 39.9 Å². The van der Waals surface area contributed by atoms with Crippen LogP contribution in [-0.4, -0.2) is 55.9 Å². The number of hydrogen-bond acceptors (Lipinski definition) is 6. The van der Waals surface area contributed by atoms with Crippen LogP contribution >= 0.6 is 0 Å². The molecular formula is C17H22F3N3O4S. The topological polar surface area (TPSA) is 107 Å². The maximum atomic E-state index is 12.5. The summed E-state index contributed by atoms with van der Waals surface area (Å²) in [6.07, 6.45) is 0.0448. The highest BCUT2D eigenvalue weighted by Crippen LogP contribution is 2.40. The minimum Gasteiger partial charge on any atom is -0.591 e. The largest absolute Gasteiger partial charge is 0.591 e. The molecule has 0 bridgehead atoms. The van der Waals surface area contributed by atoms with E-state index in [1.165, 1.54) is 0 Å². The third kappa shape index (κ3) is 5.15. The molecule has 0 radical (unpaired) electrons. The predicted octanol–water partition coefficient (Wildman–Crippen LogP) is 2.48. The molecule has 0 amide bonds. The van der Waals surface area contributed by atoms with Crippen LogP contribution in [0.3, 0.4) is 0 Å². The SMILES string of the molecule is CC(C)(C)[S+]([O-])/N=C1\c2ccncc2OC12CCNCC2.O=C(O)C(F)(F)F. The van der Waals surface area contributed by atoms with Gasteiger partial charge >= 0.3 is 12.1 Å². The van der Waals surface area contributed by atoms with Crippen LogP contribution < -0.4 is 10.1 Å². The highest BCUT2D eigenvalue weighted by atomic mass is 32.2. The number of carboxylic acid groups (broad SMARTS) is 1. The number of hydrogen-bond donors (Lipinski definition) is 2. The molecule has 7 nitrogen and oxygen atoms in total. The summed E-state index contributed by atoms with van der Waals surface area (Å²) in [6.45, 7) is 7.56. The quantitative estimate of drug-likeness (QED) is 0.675. The summed E-state index contributed by atoms with van der Waals surface area (Å²) in [5.41, 5.74) is 1.32. The monoisotopic (exact) mass is 421 g/mol. The molecule has 2 aliphatic rings. The Bertz CT molecular complexity index is 744. The number of pyridine rings is 1. The number of aromatic nitrogens is 1. The number of aliphatic carboxylic acids is 1. The van der Waals surface area contributed by atoms with Crippen molar-refractivity contribution in [2.24, 2.45) is 4.40 Å². The van der Waals surface area contributed by atoms with Crippen LogP contribution in [0.2, 0.25) is 0 Å². The van der Waals surface area contributed by atoms with E-state index in [9.17, 15) is 17.7 Å². The molecule has 1 fully saturated rings. The van der Waals surface area contributed by atoms with Gasteiger partial charge in [0.1, 0.15) is 27.6 Å². The van der Waals surface area contributed by atoms with Gasteiger partial charge < -0.3 is 19.7 Å². The lowest BCUT2D eigenvalue weighted by Crippen LogP contribution is -2.49. The summed E-state index contributed by atoms with van der Waals surface area (Å²) < 4.78 is 54.6. The molecule has 2 aliphatic heterocycles. The van der Waals surface area contributed by atoms with E-state index in [0.29, 0.717) is 0 Å². The number of nitrogens with one attached hydrogen (secondary N) is 1. The van der Waals surface area contributed by atoms with Crippen LogP contribution in [0.25, 0.3) is 0 Å². The number of alkyl halides is 3. The first-order valence-electron chi connectivity index (χ1n) is 8.52. The molecular weight excluding hydrogens is 399 g/mol. The average Bonchev–Trinajstić information content (AvgIpc) is 2.87. The Morgan fingerprint density at radius 3 is 2.43 bits per heavy atom. The number of fused-ring (bicyclic) bond motifs is 1. The van der Waals surface area contributed by atoms with Crippen LogP contribution in [0.5, 0.6) is 5.75 Å². The smallest absolute Gasteiger partial charge is 0.490 e. The van der Waals surface area contributed by atoms with E-state index in [1.54, 1.807) is 12.4 Å². The molecule has 28 heavy (non-hydrogen) atoms. The van der Waals surface area contributed by atoms with E-state index in [1.807, 2.05) is 26.8 Å². The molecule has 1 spiro atoms. The number of carbonyl (C=O) groups is 1. The van der Waals surface area contributed by atoms with Crippen molar-refractivity contribution in [3.05, 3.63) is 24.0 Å². The van der Waals surface area contributed by atoms with E-state index in [0.717, 1.165) is 43.0 Å². The third-order valence-electron chi connectivity index (χ3n) is 4.13. The first-order chi connectivity index (χ1) is 12.9. The lowest BCUT2D eigenvalue weighted by molar-refractivity contribution is -0.192. The molecule has 1 unspecified atom stereocenters. The van der Waals surface area contributed by atoms with Crippen LogP contribution in [0.15, 0.2) is 22.9 Å². The van der Waals surface area contributed by atoms with E-state index in [2.05, 4.69) is 14.7 Å². The minimum atomic E-state index is -5.08. The first kappa shape index (κ1) is 22.4. The van der Waals surface area contributed by atoms with Gasteiger partial charge in [0.25, 0.3) is 0 Å². The number of carboxylic acids is 1. The molecule has 3 rings (SSSR count).